The Morgan fingerprint density at radius 1 is 1.35 bits per heavy atom. The van der Waals surface area contributed by atoms with Crippen molar-refractivity contribution in [2.24, 2.45) is 0 Å². The molecule has 0 saturated carbocycles. The van der Waals surface area contributed by atoms with E-state index in [9.17, 15) is 4.79 Å². The molecule has 0 aliphatic carbocycles. The number of amides is 2. The Morgan fingerprint density at radius 3 is 2.70 bits per heavy atom. The van der Waals surface area contributed by atoms with E-state index in [0.29, 0.717) is 31.0 Å². The Hall–Kier alpha value is -1.56. The van der Waals surface area contributed by atoms with E-state index in [2.05, 4.69) is 17.4 Å². The molecule has 0 bridgehead atoms. The zero-order chi connectivity index (χ0) is 15.0. The number of aliphatic hydroxyl groups is 1. The van der Waals surface area contributed by atoms with Crippen molar-refractivity contribution in [1.29, 1.82) is 0 Å². The first-order chi connectivity index (χ1) is 9.63. The highest BCUT2D eigenvalue weighted by Gasteiger charge is 2.18. The largest absolute Gasteiger partial charge is 0.395 e. The van der Waals surface area contributed by atoms with Gasteiger partial charge in [0.05, 0.1) is 6.61 Å². The average Bonchev–Trinajstić information content (AvgIpc) is 2.79. The summed E-state index contributed by atoms with van der Waals surface area (Å²) in [5.41, 5.74) is 1.39. The van der Waals surface area contributed by atoms with Gasteiger partial charge in [-0.2, -0.15) is 0 Å². The maximum Gasteiger partial charge on any atom is 0.322 e. The molecule has 0 radical (unpaired) electrons. The number of urea groups is 1. The molecule has 2 amide bonds. The number of aliphatic hydroxyl groups excluding tert-OH is 1. The zero-order valence-electron chi connectivity index (χ0n) is 12.6. The van der Waals surface area contributed by atoms with Crippen molar-refractivity contribution in [3.8, 4) is 0 Å². The Labute approximate surface area is 120 Å². The summed E-state index contributed by atoms with van der Waals surface area (Å²) in [5, 5.41) is 15.8. The fraction of sp³-hybridized carbons (Fsp3) is 0.714. The molecular formula is C14H25N3O3. The van der Waals surface area contributed by atoms with Crippen molar-refractivity contribution >= 4 is 11.7 Å². The second-order valence-electron chi connectivity index (χ2n) is 4.76. The quantitative estimate of drug-likeness (QED) is 0.719. The van der Waals surface area contributed by atoms with Crippen LogP contribution in [-0.4, -0.2) is 40.9 Å². The SMILES string of the molecule is CCCCCN(CCO)C(=O)Nc1c(CC)noc1C. The number of hydrogen-bond acceptors (Lipinski definition) is 4. The third-order valence-corrected chi connectivity index (χ3v) is 3.19. The van der Waals surface area contributed by atoms with Gasteiger partial charge in [0, 0.05) is 13.1 Å². The molecular weight excluding hydrogens is 258 g/mol. The lowest BCUT2D eigenvalue weighted by molar-refractivity contribution is 0.187. The first-order valence-electron chi connectivity index (χ1n) is 7.25. The van der Waals surface area contributed by atoms with Crippen LogP contribution in [0.5, 0.6) is 0 Å². The predicted octanol–water partition coefficient (Wildman–Crippen LogP) is 2.56. The van der Waals surface area contributed by atoms with Gasteiger partial charge in [0.15, 0.2) is 5.76 Å². The lowest BCUT2D eigenvalue weighted by Gasteiger charge is -2.22. The van der Waals surface area contributed by atoms with Gasteiger partial charge in [0.2, 0.25) is 0 Å². The molecule has 6 nitrogen and oxygen atoms in total. The first kappa shape index (κ1) is 16.5. The summed E-state index contributed by atoms with van der Waals surface area (Å²) in [6, 6.07) is -0.212. The summed E-state index contributed by atoms with van der Waals surface area (Å²) in [4.78, 5) is 13.9. The molecule has 0 atom stereocenters. The number of nitrogens with zero attached hydrogens (tertiary/aromatic N) is 2. The van der Waals surface area contributed by atoms with Gasteiger partial charge in [-0.1, -0.05) is 31.8 Å². The van der Waals surface area contributed by atoms with Gasteiger partial charge >= 0.3 is 6.03 Å². The summed E-state index contributed by atoms with van der Waals surface area (Å²) in [7, 11) is 0. The number of aromatic nitrogens is 1. The van der Waals surface area contributed by atoms with E-state index in [1.165, 1.54) is 0 Å². The number of anilines is 1. The molecule has 0 aromatic carbocycles. The minimum absolute atomic E-state index is 0.0389. The van der Waals surface area contributed by atoms with Gasteiger partial charge < -0.3 is 19.8 Å². The molecule has 2 N–H and O–H groups in total. The standard InChI is InChI=1S/C14H25N3O3/c1-4-6-7-8-17(9-10-18)14(19)15-13-11(3)20-16-12(13)5-2/h18H,4-10H2,1-3H3,(H,15,19). The van der Waals surface area contributed by atoms with Crippen LogP contribution in [0.15, 0.2) is 4.52 Å². The third-order valence-electron chi connectivity index (χ3n) is 3.19. The van der Waals surface area contributed by atoms with Crippen molar-refractivity contribution in [1.82, 2.24) is 10.1 Å². The number of nitrogens with one attached hydrogen (secondary N) is 1. The number of aryl methyl sites for hydroxylation is 2. The van der Waals surface area contributed by atoms with Crippen molar-refractivity contribution < 1.29 is 14.4 Å². The highest BCUT2D eigenvalue weighted by Crippen LogP contribution is 2.20. The van der Waals surface area contributed by atoms with E-state index in [-0.39, 0.29) is 12.6 Å². The fourth-order valence-corrected chi connectivity index (χ4v) is 1.99. The fourth-order valence-electron chi connectivity index (χ4n) is 1.99. The van der Waals surface area contributed by atoms with Crippen molar-refractivity contribution in [3.05, 3.63) is 11.5 Å². The lowest BCUT2D eigenvalue weighted by Crippen LogP contribution is -2.38. The topological polar surface area (TPSA) is 78.6 Å². The van der Waals surface area contributed by atoms with Gasteiger partial charge in [-0.15, -0.1) is 0 Å². The van der Waals surface area contributed by atoms with Gasteiger partial charge in [-0.05, 0) is 19.8 Å². The summed E-state index contributed by atoms with van der Waals surface area (Å²) in [6.07, 6.45) is 3.80. The van der Waals surface area contributed by atoms with Gasteiger partial charge in [-0.25, -0.2) is 4.79 Å². The number of carbonyl (C=O) groups is 1. The van der Waals surface area contributed by atoms with Crippen molar-refractivity contribution in [2.75, 3.05) is 25.0 Å². The minimum atomic E-state index is -0.212. The van der Waals surface area contributed by atoms with Crippen LogP contribution in [0.1, 0.15) is 44.6 Å². The summed E-state index contributed by atoms with van der Waals surface area (Å²) >= 11 is 0. The molecule has 0 unspecified atom stereocenters. The van der Waals surface area contributed by atoms with E-state index in [4.69, 9.17) is 9.63 Å². The Kier molecular flexibility index (Phi) is 7.08. The minimum Gasteiger partial charge on any atom is -0.395 e. The second-order valence-corrected chi connectivity index (χ2v) is 4.76. The van der Waals surface area contributed by atoms with Gasteiger partial charge in [0.25, 0.3) is 0 Å². The zero-order valence-corrected chi connectivity index (χ0v) is 12.6. The molecule has 114 valence electrons. The predicted molar refractivity (Wildman–Crippen MR) is 77.8 cm³/mol. The number of unbranched alkanes of at least 4 members (excludes halogenated alkanes) is 2. The van der Waals surface area contributed by atoms with Crippen LogP contribution >= 0.6 is 0 Å². The van der Waals surface area contributed by atoms with Crippen LogP contribution in [0.2, 0.25) is 0 Å². The van der Waals surface area contributed by atoms with E-state index in [0.717, 1.165) is 25.0 Å². The molecule has 0 aliphatic heterocycles. The molecule has 0 spiro atoms. The van der Waals surface area contributed by atoms with Crippen LogP contribution in [0.4, 0.5) is 10.5 Å². The van der Waals surface area contributed by atoms with Gasteiger partial charge in [-0.3, -0.25) is 0 Å². The van der Waals surface area contributed by atoms with Crippen LogP contribution < -0.4 is 5.32 Å². The van der Waals surface area contributed by atoms with Crippen molar-refractivity contribution in [3.63, 3.8) is 0 Å². The second kappa shape index (κ2) is 8.58. The van der Waals surface area contributed by atoms with Crippen LogP contribution in [-0.2, 0) is 6.42 Å². The Bertz CT molecular complexity index is 418. The van der Waals surface area contributed by atoms with Crippen LogP contribution in [0.3, 0.4) is 0 Å². The normalized spacial score (nSPS) is 10.6. The molecule has 0 saturated heterocycles. The molecule has 0 fully saturated rings. The summed E-state index contributed by atoms with van der Waals surface area (Å²) < 4.78 is 5.09. The number of hydrogen-bond donors (Lipinski definition) is 2. The first-order valence-corrected chi connectivity index (χ1v) is 7.25. The molecule has 1 aromatic heterocycles. The third kappa shape index (κ3) is 4.52. The molecule has 1 aromatic rings. The van der Waals surface area contributed by atoms with Crippen LogP contribution in [0, 0.1) is 6.92 Å². The Morgan fingerprint density at radius 2 is 2.10 bits per heavy atom. The summed E-state index contributed by atoms with van der Waals surface area (Å²) in [6.45, 7) is 6.79. The average molecular weight is 283 g/mol. The maximum absolute atomic E-state index is 12.2. The summed E-state index contributed by atoms with van der Waals surface area (Å²) in [5.74, 6) is 0.604. The van der Waals surface area contributed by atoms with Gasteiger partial charge in [0.1, 0.15) is 11.4 Å². The molecule has 1 rings (SSSR count). The molecule has 20 heavy (non-hydrogen) atoms. The lowest BCUT2D eigenvalue weighted by atomic mass is 10.2. The van der Waals surface area contributed by atoms with E-state index >= 15 is 0 Å². The number of rotatable bonds is 8. The van der Waals surface area contributed by atoms with E-state index < -0.39 is 0 Å². The highest BCUT2D eigenvalue weighted by atomic mass is 16.5. The molecule has 1 heterocycles. The van der Waals surface area contributed by atoms with E-state index in [1.807, 2.05) is 6.92 Å². The molecule has 0 aliphatic rings. The number of carbonyl (C=O) groups excluding carboxylic acids is 1. The highest BCUT2D eigenvalue weighted by molar-refractivity contribution is 5.90. The monoisotopic (exact) mass is 283 g/mol. The van der Waals surface area contributed by atoms with E-state index in [1.54, 1.807) is 11.8 Å². The maximum atomic E-state index is 12.2. The van der Waals surface area contributed by atoms with Crippen LogP contribution in [0.25, 0.3) is 0 Å². The molecule has 6 heteroatoms. The Balaban J connectivity index is 2.67. The van der Waals surface area contributed by atoms with Crippen molar-refractivity contribution in [2.45, 2.75) is 46.5 Å². The smallest absolute Gasteiger partial charge is 0.322 e.